The van der Waals surface area contributed by atoms with Crippen LogP contribution in [0.15, 0.2) is 24.4 Å². The summed E-state index contributed by atoms with van der Waals surface area (Å²) in [5.41, 5.74) is 2.51. The maximum atomic E-state index is 12.0. The van der Waals surface area contributed by atoms with Gasteiger partial charge in [0.2, 0.25) is 5.95 Å². The fraction of sp³-hybridized carbons (Fsp3) is 0.429. The van der Waals surface area contributed by atoms with Crippen molar-refractivity contribution in [3.63, 3.8) is 0 Å². The molecule has 4 rings (SSSR count). The Kier molecular flexibility index (Phi) is 5.76. The lowest BCUT2D eigenvalue weighted by atomic mass is 9.86. The number of aromatic nitrogens is 2. The van der Waals surface area contributed by atoms with Gasteiger partial charge in [0, 0.05) is 30.9 Å². The average Bonchev–Trinajstić information content (AvgIpc) is 3.03. The highest BCUT2D eigenvalue weighted by Crippen LogP contribution is 2.30. The van der Waals surface area contributed by atoms with Crippen molar-refractivity contribution in [2.24, 2.45) is 5.92 Å². The Bertz CT molecular complexity index is 975. The lowest BCUT2D eigenvalue weighted by molar-refractivity contribution is -0.146. The van der Waals surface area contributed by atoms with Crippen LogP contribution in [0.25, 0.3) is 0 Å². The lowest BCUT2D eigenvalue weighted by Gasteiger charge is -2.28. The zero-order valence-corrected chi connectivity index (χ0v) is 17.7. The lowest BCUT2D eigenvalue weighted by Crippen LogP contribution is -2.30. The number of amides is 1. The van der Waals surface area contributed by atoms with E-state index in [4.69, 9.17) is 16.3 Å². The number of benzene rings is 1. The number of hydrogen-bond acceptors (Lipinski definition) is 7. The molecule has 0 spiro atoms. The van der Waals surface area contributed by atoms with E-state index in [-0.39, 0.29) is 23.8 Å². The van der Waals surface area contributed by atoms with Gasteiger partial charge in [0.25, 0.3) is 5.91 Å². The van der Waals surface area contributed by atoms with Gasteiger partial charge in [0.15, 0.2) is 5.82 Å². The molecule has 0 bridgehead atoms. The quantitative estimate of drug-likeness (QED) is 0.701. The number of anilines is 3. The molecule has 30 heavy (non-hydrogen) atoms. The molecule has 0 radical (unpaired) electrons. The molecule has 1 aliphatic heterocycles. The second-order valence-electron chi connectivity index (χ2n) is 7.76. The molecule has 1 aromatic heterocycles. The van der Waals surface area contributed by atoms with E-state index in [1.165, 1.54) is 7.11 Å². The van der Waals surface area contributed by atoms with Crippen molar-refractivity contribution in [3.05, 3.63) is 40.5 Å². The summed E-state index contributed by atoms with van der Waals surface area (Å²) in [7, 11) is 3.22. The minimum Gasteiger partial charge on any atom is -0.469 e. The molecule has 1 aliphatic carbocycles. The molecule has 1 amide bonds. The van der Waals surface area contributed by atoms with Crippen LogP contribution in [0.5, 0.6) is 0 Å². The van der Waals surface area contributed by atoms with E-state index in [1.807, 2.05) is 18.2 Å². The maximum absolute atomic E-state index is 12.0. The Morgan fingerprint density at radius 1 is 1.27 bits per heavy atom. The summed E-state index contributed by atoms with van der Waals surface area (Å²) < 4.78 is 4.84. The first-order chi connectivity index (χ1) is 14.4. The third-order valence-electron chi connectivity index (χ3n) is 5.69. The topological polar surface area (TPSA) is 96.5 Å². The molecule has 1 aromatic carbocycles. The van der Waals surface area contributed by atoms with E-state index in [0.29, 0.717) is 23.3 Å². The fourth-order valence-corrected chi connectivity index (χ4v) is 4.18. The average molecular weight is 430 g/mol. The largest absolute Gasteiger partial charge is 0.469 e. The summed E-state index contributed by atoms with van der Waals surface area (Å²) in [6.45, 7) is 0.589. The molecule has 2 aliphatic rings. The molecular weight excluding hydrogens is 406 g/mol. The summed E-state index contributed by atoms with van der Waals surface area (Å²) in [5, 5.41) is 7.01. The summed E-state index contributed by atoms with van der Waals surface area (Å²) in [6, 6.07) is 5.79. The third-order valence-corrected chi connectivity index (χ3v) is 5.97. The van der Waals surface area contributed by atoms with Gasteiger partial charge in [-0.15, -0.1) is 0 Å². The van der Waals surface area contributed by atoms with E-state index < -0.39 is 0 Å². The van der Waals surface area contributed by atoms with Crippen molar-refractivity contribution in [2.45, 2.75) is 38.3 Å². The van der Waals surface area contributed by atoms with Crippen LogP contribution in [0.2, 0.25) is 5.02 Å². The van der Waals surface area contributed by atoms with Crippen molar-refractivity contribution < 1.29 is 14.3 Å². The Labute approximate surface area is 180 Å². The summed E-state index contributed by atoms with van der Waals surface area (Å²) in [6.07, 6.45) is 4.80. The van der Waals surface area contributed by atoms with Crippen LogP contribution in [0, 0.1) is 5.92 Å². The molecule has 2 aromatic rings. The minimum absolute atomic E-state index is 0.0307. The van der Waals surface area contributed by atoms with Gasteiger partial charge in [-0.1, -0.05) is 11.6 Å². The van der Waals surface area contributed by atoms with Crippen LogP contribution in [-0.4, -0.2) is 46.9 Å². The normalized spacial score (nSPS) is 20.6. The van der Waals surface area contributed by atoms with Crippen LogP contribution in [0.3, 0.4) is 0 Å². The predicted molar refractivity (Wildman–Crippen MR) is 114 cm³/mol. The van der Waals surface area contributed by atoms with Gasteiger partial charge in [-0.2, -0.15) is 4.98 Å². The Morgan fingerprint density at radius 2 is 2.03 bits per heavy atom. The van der Waals surface area contributed by atoms with Gasteiger partial charge >= 0.3 is 5.97 Å². The number of hydrogen-bond donors (Lipinski definition) is 2. The van der Waals surface area contributed by atoms with E-state index >= 15 is 0 Å². The van der Waals surface area contributed by atoms with Gasteiger partial charge in [-0.05, 0) is 49.4 Å². The third kappa shape index (κ3) is 4.18. The molecule has 2 N–H and O–H groups in total. The number of halogens is 1. The molecular formula is C21H24ClN5O3. The number of carbonyl (C=O) groups is 2. The molecule has 0 saturated heterocycles. The summed E-state index contributed by atoms with van der Waals surface area (Å²) in [4.78, 5) is 34.2. The van der Waals surface area contributed by atoms with Crippen molar-refractivity contribution in [1.29, 1.82) is 0 Å². The number of methoxy groups -OCH3 is 1. The van der Waals surface area contributed by atoms with Gasteiger partial charge in [-0.3, -0.25) is 9.59 Å². The van der Waals surface area contributed by atoms with Gasteiger partial charge in [0.05, 0.1) is 19.2 Å². The van der Waals surface area contributed by atoms with Crippen LogP contribution in [0.4, 0.5) is 17.5 Å². The number of ether oxygens (including phenoxy) is 1. The highest BCUT2D eigenvalue weighted by molar-refractivity contribution is 6.32. The van der Waals surface area contributed by atoms with Crippen LogP contribution >= 0.6 is 11.6 Å². The number of rotatable bonds is 5. The first-order valence-corrected chi connectivity index (χ1v) is 10.3. The SMILES string of the molecule is COC(=O)C1CCC(Nc2nc(Nc3ccc4c(c3)CN(C)C4=O)ncc2Cl)CC1. The van der Waals surface area contributed by atoms with Crippen LogP contribution in [0.1, 0.15) is 41.6 Å². The first kappa shape index (κ1) is 20.4. The maximum Gasteiger partial charge on any atom is 0.308 e. The number of nitrogens with one attached hydrogen (secondary N) is 2. The van der Waals surface area contributed by atoms with Crippen molar-refractivity contribution >= 4 is 40.9 Å². The van der Waals surface area contributed by atoms with E-state index in [1.54, 1.807) is 18.1 Å². The summed E-state index contributed by atoms with van der Waals surface area (Å²) in [5.74, 6) is 0.848. The zero-order valence-electron chi connectivity index (χ0n) is 16.9. The van der Waals surface area contributed by atoms with Crippen LogP contribution < -0.4 is 10.6 Å². The second-order valence-corrected chi connectivity index (χ2v) is 8.17. The smallest absolute Gasteiger partial charge is 0.308 e. The first-order valence-electron chi connectivity index (χ1n) is 9.97. The standard InChI is InChI=1S/C21H24ClN5O3/c1-27-11-13-9-15(7-8-16(13)19(27)28)25-21-23-10-17(22)18(26-21)24-14-5-3-12(4-6-14)20(29)30-2/h7-10,12,14H,3-6,11H2,1-2H3,(H2,23,24,25,26). The summed E-state index contributed by atoms with van der Waals surface area (Å²) >= 11 is 6.30. The molecule has 2 heterocycles. The number of fused-ring (bicyclic) bond motifs is 1. The molecule has 0 unspecified atom stereocenters. The van der Waals surface area contributed by atoms with Gasteiger partial charge in [-0.25, -0.2) is 4.98 Å². The van der Waals surface area contributed by atoms with E-state index in [9.17, 15) is 9.59 Å². The monoisotopic (exact) mass is 429 g/mol. The van der Waals surface area contributed by atoms with E-state index in [2.05, 4.69) is 20.6 Å². The highest BCUT2D eigenvalue weighted by atomic mass is 35.5. The fourth-order valence-electron chi connectivity index (χ4n) is 4.04. The van der Waals surface area contributed by atoms with Crippen molar-refractivity contribution in [1.82, 2.24) is 14.9 Å². The number of nitrogens with zero attached hydrogens (tertiary/aromatic N) is 3. The molecule has 158 valence electrons. The molecule has 1 saturated carbocycles. The predicted octanol–water partition coefficient (Wildman–Crippen LogP) is 3.60. The zero-order chi connectivity index (χ0) is 21.3. The molecule has 8 nitrogen and oxygen atoms in total. The molecule has 1 fully saturated rings. The van der Waals surface area contributed by atoms with Crippen LogP contribution in [-0.2, 0) is 16.1 Å². The Morgan fingerprint density at radius 3 is 2.77 bits per heavy atom. The van der Waals surface area contributed by atoms with Crippen molar-refractivity contribution in [3.8, 4) is 0 Å². The number of carbonyl (C=O) groups excluding carboxylic acids is 2. The minimum atomic E-state index is -0.137. The van der Waals surface area contributed by atoms with Gasteiger partial charge < -0.3 is 20.3 Å². The van der Waals surface area contributed by atoms with E-state index in [0.717, 1.165) is 42.5 Å². The molecule has 0 atom stereocenters. The highest BCUT2D eigenvalue weighted by Gasteiger charge is 2.27. The van der Waals surface area contributed by atoms with Crippen molar-refractivity contribution in [2.75, 3.05) is 24.8 Å². The molecule has 9 heteroatoms. The van der Waals surface area contributed by atoms with Gasteiger partial charge in [0.1, 0.15) is 5.02 Å². The Balaban J connectivity index is 1.42. The number of esters is 1. The second kappa shape index (κ2) is 8.47. The Hall–Kier alpha value is -2.87.